The molecule has 0 aliphatic rings. The minimum Gasteiger partial charge on any atom is -0.326 e. The lowest BCUT2D eigenvalue weighted by Crippen LogP contribution is -2.17. The Labute approximate surface area is 144 Å². The van der Waals surface area contributed by atoms with Crippen molar-refractivity contribution in [2.75, 3.05) is 11.1 Å². The summed E-state index contributed by atoms with van der Waals surface area (Å²) in [5, 5.41) is 2.73. The molecule has 0 saturated carbocycles. The largest absolute Gasteiger partial charge is 0.326 e. The number of nitrogens with one attached hydrogen (secondary N) is 1. The van der Waals surface area contributed by atoms with Gasteiger partial charge in [-0.3, -0.25) is 4.79 Å². The Balaban J connectivity index is 1.63. The second-order valence-corrected chi connectivity index (χ2v) is 8.46. The zero-order valence-electron chi connectivity index (χ0n) is 13.0. The summed E-state index contributed by atoms with van der Waals surface area (Å²) in [6.07, 6.45) is -0.0864. The predicted molar refractivity (Wildman–Crippen MR) is 96.1 cm³/mol. The number of benzene rings is 2. The molecule has 3 rings (SSSR count). The SMILES string of the molecule is Cc1ccc(S(=O)(=O)CCC(=O)Nc2ccc3ncsc3c2)cc1. The first kappa shape index (κ1) is 16.6. The third-order valence-electron chi connectivity index (χ3n) is 3.59. The van der Waals surface area contributed by atoms with Crippen LogP contribution in [0, 0.1) is 6.92 Å². The molecule has 0 unspecified atom stereocenters. The summed E-state index contributed by atoms with van der Waals surface area (Å²) in [7, 11) is -3.46. The molecule has 0 atom stereocenters. The Morgan fingerprint density at radius 2 is 1.92 bits per heavy atom. The molecule has 0 radical (unpaired) electrons. The number of amides is 1. The summed E-state index contributed by atoms with van der Waals surface area (Å²) in [5.41, 5.74) is 4.25. The summed E-state index contributed by atoms with van der Waals surface area (Å²) < 4.78 is 25.5. The zero-order chi connectivity index (χ0) is 17.2. The molecule has 0 fully saturated rings. The Morgan fingerprint density at radius 3 is 2.67 bits per heavy atom. The van der Waals surface area contributed by atoms with Crippen LogP contribution in [-0.2, 0) is 14.6 Å². The van der Waals surface area contributed by atoms with E-state index in [9.17, 15) is 13.2 Å². The molecule has 1 heterocycles. The van der Waals surface area contributed by atoms with Crippen molar-refractivity contribution in [3.05, 3.63) is 53.5 Å². The lowest BCUT2D eigenvalue weighted by atomic mass is 10.2. The maximum atomic E-state index is 12.3. The molecule has 124 valence electrons. The molecule has 7 heteroatoms. The second-order valence-electron chi connectivity index (χ2n) is 5.46. The molecule has 24 heavy (non-hydrogen) atoms. The smallest absolute Gasteiger partial charge is 0.225 e. The molecule has 0 bridgehead atoms. The van der Waals surface area contributed by atoms with Crippen LogP contribution >= 0.6 is 11.3 Å². The van der Waals surface area contributed by atoms with Crippen molar-refractivity contribution in [1.82, 2.24) is 4.98 Å². The van der Waals surface area contributed by atoms with Gasteiger partial charge in [-0.25, -0.2) is 13.4 Å². The number of carbonyl (C=O) groups excluding carboxylic acids is 1. The average molecular weight is 360 g/mol. The summed E-state index contributed by atoms with van der Waals surface area (Å²) >= 11 is 1.49. The number of nitrogens with zero attached hydrogens (tertiary/aromatic N) is 1. The van der Waals surface area contributed by atoms with Crippen LogP contribution in [0.5, 0.6) is 0 Å². The minimum absolute atomic E-state index is 0.0864. The molecule has 1 amide bonds. The highest BCUT2D eigenvalue weighted by molar-refractivity contribution is 7.91. The number of thiazole rings is 1. The fourth-order valence-electron chi connectivity index (χ4n) is 2.25. The number of carbonyl (C=O) groups is 1. The molecule has 0 saturated heterocycles. The lowest BCUT2D eigenvalue weighted by Gasteiger charge is -2.07. The maximum absolute atomic E-state index is 12.3. The van der Waals surface area contributed by atoms with Gasteiger partial charge in [-0.2, -0.15) is 0 Å². The van der Waals surface area contributed by atoms with E-state index in [-0.39, 0.29) is 23.0 Å². The van der Waals surface area contributed by atoms with Crippen LogP contribution in [0.2, 0.25) is 0 Å². The van der Waals surface area contributed by atoms with Crippen molar-refractivity contribution >= 4 is 43.0 Å². The molecule has 0 spiro atoms. The third-order valence-corrected chi connectivity index (χ3v) is 6.12. The van der Waals surface area contributed by atoms with Crippen molar-refractivity contribution in [2.45, 2.75) is 18.2 Å². The van der Waals surface area contributed by atoms with E-state index >= 15 is 0 Å². The van der Waals surface area contributed by atoms with E-state index in [4.69, 9.17) is 0 Å². The Kier molecular flexibility index (Phi) is 4.64. The summed E-state index contributed by atoms with van der Waals surface area (Å²) in [5.74, 6) is -0.542. The normalized spacial score (nSPS) is 11.5. The molecule has 1 aromatic heterocycles. The van der Waals surface area contributed by atoms with Crippen molar-refractivity contribution in [3.63, 3.8) is 0 Å². The number of sulfone groups is 1. The fourth-order valence-corrected chi connectivity index (χ4v) is 4.20. The summed E-state index contributed by atoms with van der Waals surface area (Å²) in [6, 6.07) is 12.0. The van der Waals surface area contributed by atoms with Gasteiger partial charge in [0.05, 0.1) is 26.4 Å². The number of hydrogen-bond donors (Lipinski definition) is 1. The first-order valence-electron chi connectivity index (χ1n) is 7.36. The second kappa shape index (κ2) is 6.70. The highest BCUT2D eigenvalue weighted by Crippen LogP contribution is 2.22. The average Bonchev–Trinajstić information content (AvgIpc) is 3.01. The first-order chi connectivity index (χ1) is 11.4. The molecular formula is C17H16N2O3S2. The van der Waals surface area contributed by atoms with Crippen LogP contribution in [0.25, 0.3) is 10.2 Å². The Bertz CT molecular complexity index is 976. The minimum atomic E-state index is -3.46. The maximum Gasteiger partial charge on any atom is 0.225 e. The molecule has 3 aromatic rings. The number of anilines is 1. The van der Waals surface area contributed by atoms with E-state index in [0.29, 0.717) is 5.69 Å². The van der Waals surface area contributed by atoms with Gasteiger partial charge in [0.25, 0.3) is 0 Å². The molecule has 5 nitrogen and oxygen atoms in total. The van der Waals surface area contributed by atoms with E-state index in [1.165, 1.54) is 11.3 Å². The van der Waals surface area contributed by atoms with Crippen LogP contribution < -0.4 is 5.32 Å². The van der Waals surface area contributed by atoms with Crippen molar-refractivity contribution in [2.24, 2.45) is 0 Å². The van der Waals surface area contributed by atoms with Crippen LogP contribution in [-0.4, -0.2) is 25.1 Å². The third kappa shape index (κ3) is 3.80. The molecule has 0 aliphatic heterocycles. The van der Waals surface area contributed by atoms with E-state index in [1.807, 2.05) is 19.1 Å². The van der Waals surface area contributed by atoms with Gasteiger partial charge in [-0.05, 0) is 37.3 Å². The first-order valence-corrected chi connectivity index (χ1v) is 9.90. The van der Waals surface area contributed by atoms with Gasteiger partial charge in [0.15, 0.2) is 9.84 Å². The van der Waals surface area contributed by atoms with Crippen LogP contribution in [0.3, 0.4) is 0 Å². The van der Waals surface area contributed by atoms with Gasteiger partial charge in [0.2, 0.25) is 5.91 Å². The summed E-state index contributed by atoms with van der Waals surface area (Å²) in [6.45, 7) is 1.89. The molecule has 2 aromatic carbocycles. The van der Waals surface area contributed by atoms with Crippen LogP contribution in [0.4, 0.5) is 5.69 Å². The number of rotatable bonds is 5. The van der Waals surface area contributed by atoms with E-state index in [1.54, 1.807) is 35.8 Å². The van der Waals surface area contributed by atoms with Crippen LogP contribution in [0.1, 0.15) is 12.0 Å². The van der Waals surface area contributed by atoms with Crippen molar-refractivity contribution in [3.8, 4) is 0 Å². The van der Waals surface area contributed by atoms with Gasteiger partial charge < -0.3 is 5.32 Å². The highest BCUT2D eigenvalue weighted by atomic mass is 32.2. The molecular weight excluding hydrogens is 344 g/mol. The number of fused-ring (bicyclic) bond motifs is 1. The van der Waals surface area contributed by atoms with Gasteiger partial charge in [-0.15, -0.1) is 11.3 Å². The lowest BCUT2D eigenvalue weighted by molar-refractivity contribution is -0.115. The van der Waals surface area contributed by atoms with Crippen molar-refractivity contribution < 1.29 is 13.2 Å². The van der Waals surface area contributed by atoms with Gasteiger partial charge in [-0.1, -0.05) is 17.7 Å². The van der Waals surface area contributed by atoms with Gasteiger partial charge >= 0.3 is 0 Å². The monoisotopic (exact) mass is 360 g/mol. The predicted octanol–water partition coefficient (Wildman–Crippen LogP) is 3.41. The molecule has 1 N–H and O–H groups in total. The van der Waals surface area contributed by atoms with Crippen LogP contribution in [0.15, 0.2) is 52.9 Å². The topological polar surface area (TPSA) is 76.1 Å². The number of aromatic nitrogens is 1. The van der Waals surface area contributed by atoms with E-state index < -0.39 is 9.84 Å². The Hall–Kier alpha value is -2.25. The van der Waals surface area contributed by atoms with E-state index in [2.05, 4.69) is 10.3 Å². The summed E-state index contributed by atoms with van der Waals surface area (Å²) in [4.78, 5) is 16.4. The van der Waals surface area contributed by atoms with E-state index in [0.717, 1.165) is 15.8 Å². The standard InChI is InChI=1S/C17H16N2O3S2/c1-12-2-5-14(6-3-12)24(21,22)9-8-17(20)19-13-4-7-15-16(10-13)23-11-18-15/h2-7,10-11H,8-9H2,1H3,(H,19,20). The van der Waals surface area contributed by atoms with Crippen molar-refractivity contribution in [1.29, 1.82) is 0 Å². The fraction of sp³-hybridized carbons (Fsp3) is 0.176. The zero-order valence-corrected chi connectivity index (χ0v) is 14.7. The Morgan fingerprint density at radius 1 is 1.17 bits per heavy atom. The quantitative estimate of drug-likeness (QED) is 0.756. The van der Waals surface area contributed by atoms with Gasteiger partial charge in [0, 0.05) is 12.1 Å². The highest BCUT2D eigenvalue weighted by Gasteiger charge is 2.16. The molecule has 0 aliphatic carbocycles. The number of hydrogen-bond acceptors (Lipinski definition) is 5. The van der Waals surface area contributed by atoms with Gasteiger partial charge in [0.1, 0.15) is 0 Å². The number of aryl methyl sites for hydroxylation is 1.